The maximum Gasteiger partial charge on any atom is 0.0842 e. The molecule has 1 saturated heterocycles. The fourth-order valence-electron chi connectivity index (χ4n) is 1.95. The molecule has 88 valence electrons. The number of hydrogen-bond donors (Lipinski definition) is 1. The maximum atomic E-state index is 10.0. The molecule has 16 heavy (non-hydrogen) atoms. The lowest BCUT2D eigenvalue weighted by atomic mass is 10.0. The highest BCUT2D eigenvalue weighted by atomic mass is 79.9. The summed E-state index contributed by atoms with van der Waals surface area (Å²) in [7, 11) is 0. The summed E-state index contributed by atoms with van der Waals surface area (Å²) in [5.41, 5.74) is 0.966. The standard InChI is InChI=1S/C12H14BrClO2/c13-9-4-3-8(10(14)7-9)6-11(15)12-2-1-5-16-12/h3-4,7,11-12,15H,1-2,5-6H2. The Balaban J connectivity index is 2.02. The largest absolute Gasteiger partial charge is 0.390 e. The van der Waals surface area contributed by atoms with Crippen molar-refractivity contribution >= 4 is 27.5 Å². The Hall–Kier alpha value is -0.0900. The molecule has 2 nitrogen and oxygen atoms in total. The van der Waals surface area contributed by atoms with E-state index in [2.05, 4.69) is 15.9 Å². The molecular formula is C12H14BrClO2. The molecule has 0 aliphatic carbocycles. The summed E-state index contributed by atoms with van der Waals surface area (Å²) in [6.45, 7) is 0.760. The number of aliphatic hydroxyl groups excluding tert-OH is 1. The second-order valence-corrected chi connectivity index (χ2v) is 5.38. The van der Waals surface area contributed by atoms with E-state index in [4.69, 9.17) is 16.3 Å². The third-order valence-electron chi connectivity index (χ3n) is 2.84. The van der Waals surface area contributed by atoms with Crippen LogP contribution in [0.25, 0.3) is 0 Å². The summed E-state index contributed by atoms with van der Waals surface area (Å²) in [6, 6.07) is 5.72. The molecule has 2 unspecified atom stereocenters. The van der Waals surface area contributed by atoms with E-state index in [0.717, 1.165) is 29.5 Å². The first-order valence-corrected chi connectivity index (χ1v) is 6.57. The summed E-state index contributed by atoms with van der Waals surface area (Å²) >= 11 is 9.46. The van der Waals surface area contributed by atoms with Crippen LogP contribution < -0.4 is 0 Å². The van der Waals surface area contributed by atoms with Gasteiger partial charge in [0.1, 0.15) is 0 Å². The lowest BCUT2D eigenvalue weighted by Crippen LogP contribution is -2.27. The maximum absolute atomic E-state index is 10.0. The fourth-order valence-corrected chi connectivity index (χ4v) is 2.70. The Labute approximate surface area is 109 Å². The number of benzene rings is 1. The minimum atomic E-state index is -0.457. The van der Waals surface area contributed by atoms with Gasteiger partial charge in [-0.2, -0.15) is 0 Å². The van der Waals surface area contributed by atoms with Gasteiger partial charge < -0.3 is 9.84 Å². The van der Waals surface area contributed by atoms with Crippen molar-refractivity contribution in [3.8, 4) is 0 Å². The first-order chi connectivity index (χ1) is 7.66. The van der Waals surface area contributed by atoms with Crippen molar-refractivity contribution in [3.63, 3.8) is 0 Å². The molecule has 0 aromatic heterocycles. The molecule has 0 radical (unpaired) electrons. The third kappa shape index (κ3) is 2.98. The van der Waals surface area contributed by atoms with Crippen LogP contribution in [0.5, 0.6) is 0 Å². The molecule has 4 heteroatoms. The monoisotopic (exact) mass is 304 g/mol. The molecule has 2 rings (SSSR count). The van der Waals surface area contributed by atoms with Gasteiger partial charge in [0, 0.05) is 22.5 Å². The topological polar surface area (TPSA) is 29.5 Å². The van der Waals surface area contributed by atoms with E-state index < -0.39 is 6.10 Å². The van der Waals surface area contributed by atoms with Gasteiger partial charge in [-0.15, -0.1) is 0 Å². The number of halogens is 2. The van der Waals surface area contributed by atoms with Crippen LogP contribution in [0.2, 0.25) is 5.02 Å². The smallest absolute Gasteiger partial charge is 0.0842 e. The minimum Gasteiger partial charge on any atom is -0.390 e. The van der Waals surface area contributed by atoms with Crippen molar-refractivity contribution in [2.24, 2.45) is 0 Å². The van der Waals surface area contributed by atoms with E-state index in [9.17, 15) is 5.11 Å². The van der Waals surface area contributed by atoms with Gasteiger partial charge in [0.25, 0.3) is 0 Å². The molecule has 1 aliphatic rings. The van der Waals surface area contributed by atoms with Gasteiger partial charge in [-0.05, 0) is 30.5 Å². The number of rotatable bonds is 3. The zero-order chi connectivity index (χ0) is 11.5. The Morgan fingerprint density at radius 1 is 1.56 bits per heavy atom. The van der Waals surface area contributed by atoms with Gasteiger partial charge in [-0.25, -0.2) is 0 Å². The summed E-state index contributed by atoms with van der Waals surface area (Å²) in [5, 5.41) is 10.7. The SMILES string of the molecule is OC(Cc1ccc(Br)cc1Cl)C1CCCO1. The molecule has 1 heterocycles. The summed E-state index contributed by atoms with van der Waals surface area (Å²) in [6.07, 6.45) is 2.04. The number of hydrogen-bond acceptors (Lipinski definition) is 2. The summed E-state index contributed by atoms with van der Waals surface area (Å²) in [5.74, 6) is 0. The quantitative estimate of drug-likeness (QED) is 0.929. The van der Waals surface area contributed by atoms with Crippen LogP contribution in [0.4, 0.5) is 0 Å². The van der Waals surface area contributed by atoms with E-state index in [0.29, 0.717) is 11.4 Å². The molecule has 0 bridgehead atoms. The van der Waals surface area contributed by atoms with E-state index in [-0.39, 0.29) is 6.10 Å². The highest BCUT2D eigenvalue weighted by molar-refractivity contribution is 9.10. The average Bonchev–Trinajstić information content (AvgIpc) is 2.75. The first-order valence-electron chi connectivity index (χ1n) is 5.40. The number of aliphatic hydroxyl groups is 1. The van der Waals surface area contributed by atoms with Crippen molar-refractivity contribution in [3.05, 3.63) is 33.3 Å². The van der Waals surface area contributed by atoms with Crippen LogP contribution in [0.15, 0.2) is 22.7 Å². The Morgan fingerprint density at radius 3 is 3.00 bits per heavy atom. The molecule has 1 aromatic carbocycles. The lowest BCUT2D eigenvalue weighted by Gasteiger charge is -2.18. The highest BCUT2D eigenvalue weighted by Gasteiger charge is 2.24. The molecular weight excluding hydrogens is 291 g/mol. The van der Waals surface area contributed by atoms with Crippen LogP contribution in [0.3, 0.4) is 0 Å². The molecule has 1 fully saturated rings. The zero-order valence-electron chi connectivity index (χ0n) is 8.83. The molecule has 1 aromatic rings. The van der Waals surface area contributed by atoms with E-state index >= 15 is 0 Å². The predicted molar refractivity (Wildman–Crippen MR) is 67.8 cm³/mol. The second kappa shape index (κ2) is 5.50. The van der Waals surface area contributed by atoms with Crippen LogP contribution in [0, 0.1) is 0 Å². The zero-order valence-corrected chi connectivity index (χ0v) is 11.2. The van der Waals surface area contributed by atoms with E-state index in [1.165, 1.54) is 0 Å². The van der Waals surface area contributed by atoms with Crippen LogP contribution >= 0.6 is 27.5 Å². The van der Waals surface area contributed by atoms with Crippen molar-refractivity contribution in [2.45, 2.75) is 31.5 Å². The van der Waals surface area contributed by atoms with Gasteiger partial charge in [0.05, 0.1) is 12.2 Å². The summed E-state index contributed by atoms with van der Waals surface area (Å²) < 4.78 is 6.40. The predicted octanol–water partition coefficient (Wildman–Crippen LogP) is 3.18. The molecule has 0 spiro atoms. The molecule has 1 aliphatic heterocycles. The van der Waals surface area contributed by atoms with Gasteiger partial charge in [-0.3, -0.25) is 0 Å². The van der Waals surface area contributed by atoms with Crippen molar-refractivity contribution in [1.82, 2.24) is 0 Å². The van der Waals surface area contributed by atoms with Crippen LogP contribution in [-0.2, 0) is 11.2 Å². The van der Waals surface area contributed by atoms with Crippen LogP contribution in [0.1, 0.15) is 18.4 Å². The molecule has 2 atom stereocenters. The average molecular weight is 306 g/mol. The van der Waals surface area contributed by atoms with Crippen molar-refractivity contribution in [1.29, 1.82) is 0 Å². The van der Waals surface area contributed by atoms with Crippen molar-refractivity contribution < 1.29 is 9.84 Å². The highest BCUT2D eigenvalue weighted by Crippen LogP contribution is 2.25. The summed E-state index contributed by atoms with van der Waals surface area (Å²) in [4.78, 5) is 0. The third-order valence-corrected chi connectivity index (χ3v) is 3.68. The lowest BCUT2D eigenvalue weighted by molar-refractivity contribution is -0.000763. The number of ether oxygens (including phenoxy) is 1. The van der Waals surface area contributed by atoms with E-state index in [1.54, 1.807) is 0 Å². The molecule has 0 amide bonds. The van der Waals surface area contributed by atoms with Gasteiger partial charge >= 0.3 is 0 Å². The first kappa shape index (κ1) is 12.4. The molecule has 1 N–H and O–H groups in total. The van der Waals surface area contributed by atoms with Gasteiger partial charge in [0.15, 0.2) is 0 Å². The Morgan fingerprint density at radius 2 is 2.38 bits per heavy atom. The Kier molecular flexibility index (Phi) is 4.25. The Bertz CT molecular complexity index is 364. The normalized spacial score (nSPS) is 22.3. The van der Waals surface area contributed by atoms with Gasteiger partial charge in [-0.1, -0.05) is 33.6 Å². The van der Waals surface area contributed by atoms with Crippen molar-refractivity contribution in [2.75, 3.05) is 6.61 Å². The fraction of sp³-hybridized carbons (Fsp3) is 0.500. The van der Waals surface area contributed by atoms with E-state index in [1.807, 2.05) is 18.2 Å². The second-order valence-electron chi connectivity index (χ2n) is 4.06. The van der Waals surface area contributed by atoms with Gasteiger partial charge in [0.2, 0.25) is 0 Å². The minimum absolute atomic E-state index is 0.0280. The van der Waals surface area contributed by atoms with Crippen LogP contribution in [-0.4, -0.2) is 23.9 Å². The molecule has 0 saturated carbocycles.